The number of β-amino-alcohol motifs (C(OH)–C–C–N with tert-alkyl or cyclic N) is 1. The van der Waals surface area contributed by atoms with Gasteiger partial charge < -0.3 is 24.8 Å². The highest BCUT2D eigenvalue weighted by Crippen LogP contribution is 2.63. The number of amides is 2. The molecule has 3 fully saturated rings. The van der Waals surface area contributed by atoms with Crippen LogP contribution in [0.1, 0.15) is 52.9 Å². The van der Waals surface area contributed by atoms with Crippen molar-refractivity contribution in [2.24, 2.45) is 11.8 Å². The fourth-order valence-corrected chi connectivity index (χ4v) is 5.35. The van der Waals surface area contributed by atoms with Crippen molar-refractivity contribution < 1.29 is 29.0 Å². The van der Waals surface area contributed by atoms with Gasteiger partial charge in [0.25, 0.3) is 0 Å². The van der Waals surface area contributed by atoms with Gasteiger partial charge in [-0.15, -0.1) is 0 Å². The molecule has 3 saturated heterocycles. The molecule has 0 aromatic rings. The van der Waals surface area contributed by atoms with E-state index in [2.05, 4.69) is 12.2 Å². The monoisotopic (exact) mass is 396 g/mol. The molecule has 0 saturated carbocycles. The Morgan fingerprint density at radius 1 is 1.32 bits per heavy atom. The number of aliphatic hydroxyl groups is 1. The van der Waals surface area contributed by atoms with Crippen LogP contribution in [0.25, 0.3) is 0 Å². The molecule has 0 aromatic heterocycles. The first-order valence-electron chi connectivity index (χ1n) is 10.4. The summed E-state index contributed by atoms with van der Waals surface area (Å²) in [6, 6.07) is -0.833. The lowest BCUT2D eigenvalue weighted by Crippen LogP contribution is -2.55. The number of rotatable bonds is 9. The molecule has 3 aliphatic rings. The van der Waals surface area contributed by atoms with Gasteiger partial charge in [-0.3, -0.25) is 14.4 Å². The van der Waals surface area contributed by atoms with Gasteiger partial charge in [-0.25, -0.2) is 0 Å². The molecule has 5 atom stereocenters. The number of esters is 1. The molecular formula is C20H32N2O6. The zero-order valence-corrected chi connectivity index (χ0v) is 17.0. The molecule has 3 aliphatic heterocycles. The van der Waals surface area contributed by atoms with Gasteiger partial charge in [0.05, 0.1) is 24.7 Å². The van der Waals surface area contributed by atoms with E-state index in [0.29, 0.717) is 19.4 Å². The highest BCUT2D eigenvalue weighted by Gasteiger charge is 2.78. The van der Waals surface area contributed by atoms with E-state index in [-0.39, 0.29) is 31.6 Å². The van der Waals surface area contributed by atoms with Crippen LogP contribution in [0.2, 0.25) is 0 Å². The molecule has 2 unspecified atom stereocenters. The van der Waals surface area contributed by atoms with Crippen molar-refractivity contribution in [2.75, 3.05) is 26.3 Å². The average molecular weight is 396 g/mol. The van der Waals surface area contributed by atoms with Crippen LogP contribution < -0.4 is 5.32 Å². The lowest BCUT2D eigenvalue weighted by atomic mass is 9.66. The van der Waals surface area contributed by atoms with E-state index in [1.807, 2.05) is 6.92 Å². The van der Waals surface area contributed by atoms with Gasteiger partial charge in [-0.1, -0.05) is 19.8 Å². The molecule has 0 radical (unpaired) electrons. The quantitative estimate of drug-likeness (QED) is 0.437. The number of hydrogen-bond acceptors (Lipinski definition) is 6. The van der Waals surface area contributed by atoms with Gasteiger partial charge in [0, 0.05) is 13.1 Å². The topological polar surface area (TPSA) is 105 Å². The molecule has 2 N–H and O–H groups in total. The summed E-state index contributed by atoms with van der Waals surface area (Å²) in [6.45, 7) is 6.19. The maximum atomic E-state index is 13.3. The van der Waals surface area contributed by atoms with Crippen LogP contribution in [0.4, 0.5) is 0 Å². The van der Waals surface area contributed by atoms with E-state index in [4.69, 9.17) is 9.47 Å². The predicted octanol–water partition coefficient (Wildman–Crippen LogP) is 0.613. The van der Waals surface area contributed by atoms with Gasteiger partial charge in [-0.2, -0.15) is 0 Å². The van der Waals surface area contributed by atoms with E-state index in [9.17, 15) is 19.5 Å². The molecule has 158 valence electrons. The van der Waals surface area contributed by atoms with Gasteiger partial charge in [0.1, 0.15) is 17.6 Å². The number of ether oxygens (including phenoxy) is 2. The van der Waals surface area contributed by atoms with E-state index in [1.54, 1.807) is 6.92 Å². The molecule has 8 heteroatoms. The number of nitrogens with zero attached hydrogens (tertiary/aromatic N) is 1. The standard InChI is InChI=1S/C20H32N2O6/c1-4-6-7-10-21-16(24)15-20-9-8-19(3,28-20)14(18(26)27-5-2)13(20)17(25)22(15)11-12-23/h13-15,23H,4-12H2,1-3H3,(H,21,24)/t13-,14-,15?,19+,20?/m0/s1. The summed E-state index contributed by atoms with van der Waals surface area (Å²) < 4.78 is 11.6. The fraction of sp³-hybridized carbons (Fsp3) is 0.850. The second kappa shape index (κ2) is 7.99. The summed E-state index contributed by atoms with van der Waals surface area (Å²) in [4.78, 5) is 40.4. The molecule has 28 heavy (non-hydrogen) atoms. The van der Waals surface area contributed by atoms with Crippen molar-refractivity contribution in [3.63, 3.8) is 0 Å². The Bertz CT molecular complexity index is 640. The van der Waals surface area contributed by atoms with Crippen LogP contribution in [-0.4, -0.2) is 71.3 Å². The summed E-state index contributed by atoms with van der Waals surface area (Å²) in [5.41, 5.74) is -1.84. The maximum absolute atomic E-state index is 13.3. The summed E-state index contributed by atoms with van der Waals surface area (Å²) in [5.74, 6) is -2.49. The van der Waals surface area contributed by atoms with Gasteiger partial charge in [-0.05, 0) is 33.1 Å². The lowest BCUT2D eigenvalue weighted by Gasteiger charge is -2.33. The van der Waals surface area contributed by atoms with Crippen LogP contribution in [0.3, 0.4) is 0 Å². The van der Waals surface area contributed by atoms with E-state index in [0.717, 1.165) is 19.3 Å². The molecule has 2 amide bonds. The summed E-state index contributed by atoms with van der Waals surface area (Å²) >= 11 is 0. The SMILES string of the molecule is CCCCCNC(=O)C1N(CCO)C(=O)[C@@H]2[C@@H](C(=O)OCC)[C@@]3(C)CCC12O3. The Balaban J connectivity index is 1.91. The number of hydrogen-bond donors (Lipinski definition) is 2. The smallest absolute Gasteiger partial charge is 0.312 e. The minimum absolute atomic E-state index is 0.0414. The first kappa shape index (κ1) is 21.0. The van der Waals surface area contributed by atoms with Crippen LogP contribution in [0.5, 0.6) is 0 Å². The Morgan fingerprint density at radius 3 is 2.71 bits per heavy atom. The van der Waals surface area contributed by atoms with Crippen molar-refractivity contribution >= 4 is 17.8 Å². The zero-order chi connectivity index (χ0) is 20.5. The van der Waals surface area contributed by atoms with Crippen LogP contribution >= 0.6 is 0 Å². The molecule has 0 aromatic carbocycles. The Kier molecular flexibility index (Phi) is 6.00. The first-order valence-corrected chi connectivity index (χ1v) is 10.4. The molecule has 8 nitrogen and oxygen atoms in total. The first-order chi connectivity index (χ1) is 13.4. The third kappa shape index (κ3) is 3.10. The summed E-state index contributed by atoms with van der Waals surface area (Å²) in [6.07, 6.45) is 4.04. The number of carbonyl (C=O) groups excluding carboxylic acids is 3. The lowest BCUT2D eigenvalue weighted by molar-refractivity contribution is -0.159. The Labute approximate surface area is 165 Å². The minimum Gasteiger partial charge on any atom is -0.466 e. The van der Waals surface area contributed by atoms with E-state index < -0.39 is 35.0 Å². The van der Waals surface area contributed by atoms with Gasteiger partial charge in [0.15, 0.2) is 0 Å². The molecule has 3 rings (SSSR count). The average Bonchev–Trinajstić information content (AvgIpc) is 3.21. The Morgan fingerprint density at radius 2 is 2.07 bits per heavy atom. The van der Waals surface area contributed by atoms with Crippen molar-refractivity contribution in [3.05, 3.63) is 0 Å². The second-order valence-corrected chi connectivity index (χ2v) is 8.23. The number of carbonyl (C=O) groups is 3. The number of fused-ring (bicyclic) bond motifs is 1. The third-order valence-corrected chi connectivity index (χ3v) is 6.49. The normalized spacial score (nSPS) is 35.9. The molecule has 2 bridgehead atoms. The van der Waals surface area contributed by atoms with Crippen molar-refractivity contribution in [1.29, 1.82) is 0 Å². The number of likely N-dealkylation sites (tertiary alicyclic amines) is 1. The van der Waals surface area contributed by atoms with Crippen LogP contribution in [-0.2, 0) is 23.9 Å². The third-order valence-electron chi connectivity index (χ3n) is 6.49. The maximum Gasteiger partial charge on any atom is 0.312 e. The predicted molar refractivity (Wildman–Crippen MR) is 100 cm³/mol. The van der Waals surface area contributed by atoms with Crippen molar-refractivity contribution in [1.82, 2.24) is 10.2 Å². The van der Waals surface area contributed by atoms with Crippen LogP contribution in [0, 0.1) is 11.8 Å². The summed E-state index contributed by atoms with van der Waals surface area (Å²) in [7, 11) is 0. The number of nitrogens with one attached hydrogen (secondary N) is 1. The Hall–Kier alpha value is -1.67. The van der Waals surface area contributed by atoms with Crippen molar-refractivity contribution in [2.45, 2.75) is 70.1 Å². The minimum atomic E-state index is -1.03. The van der Waals surface area contributed by atoms with Crippen LogP contribution in [0.15, 0.2) is 0 Å². The molecule has 0 aliphatic carbocycles. The molecule has 1 spiro atoms. The van der Waals surface area contributed by atoms with E-state index >= 15 is 0 Å². The largest absolute Gasteiger partial charge is 0.466 e. The number of unbranched alkanes of at least 4 members (excludes halogenated alkanes) is 2. The highest BCUT2D eigenvalue weighted by molar-refractivity contribution is 5.98. The second-order valence-electron chi connectivity index (χ2n) is 8.23. The number of aliphatic hydroxyl groups excluding tert-OH is 1. The molecular weight excluding hydrogens is 364 g/mol. The van der Waals surface area contributed by atoms with E-state index in [1.165, 1.54) is 4.90 Å². The van der Waals surface area contributed by atoms with Crippen molar-refractivity contribution in [3.8, 4) is 0 Å². The fourth-order valence-electron chi connectivity index (χ4n) is 5.35. The summed E-state index contributed by atoms with van der Waals surface area (Å²) in [5, 5.41) is 12.4. The zero-order valence-electron chi connectivity index (χ0n) is 17.0. The van der Waals surface area contributed by atoms with Gasteiger partial charge in [0.2, 0.25) is 11.8 Å². The molecule has 3 heterocycles. The highest BCUT2D eigenvalue weighted by atomic mass is 16.6. The van der Waals surface area contributed by atoms with Gasteiger partial charge >= 0.3 is 5.97 Å².